The predicted molar refractivity (Wildman–Crippen MR) is 178 cm³/mol. The fraction of sp³-hybridized carbons (Fsp3) is 0.444. The number of piperazine rings is 1. The highest BCUT2D eigenvalue weighted by atomic mass is 35.5. The molecule has 44 heavy (non-hydrogen) atoms. The minimum absolute atomic E-state index is 0.0205. The van der Waals surface area contributed by atoms with Gasteiger partial charge in [-0.2, -0.15) is 0 Å². The lowest BCUT2D eigenvalue weighted by molar-refractivity contribution is -0.138. The number of rotatable bonds is 11. The lowest BCUT2D eigenvalue weighted by Crippen LogP contribution is -2.58. The van der Waals surface area contributed by atoms with Crippen LogP contribution in [0, 0.1) is 6.92 Å². The van der Waals surface area contributed by atoms with E-state index in [4.69, 9.17) is 11.6 Å². The number of aryl methyl sites for hydroxylation is 1. The Morgan fingerprint density at radius 3 is 2.27 bits per heavy atom. The van der Waals surface area contributed by atoms with E-state index in [9.17, 15) is 9.59 Å². The van der Waals surface area contributed by atoms with Crippen LogP contribution in [0.2, 0.25) is 5.02 Å². The lowest BCUT2D eigenvalue weighted by Gasteiger charge is -2.42. The van der Waals surface area contributed by atoms with Gasteiger partial charge in [0.2, 0.25) is 11.8 Å². The van der Waals surface area contributed by atoms with E-state index in [0.29, 0.717) is 32.5 Å². The van der Waals surface area contributed by atoms with Gasteiger partial charge in [-0.05, 0) is 54.8 Å². The molecule has 1 fully saturated rings. The maximum atomic E-state index is 14.1. The van der Waals surface area contributed by atoms with Gasteiger partial charge >= 0.3 is 0 Å². The third-order valence-corrected chi connectivity index (χ3v) is 9.57. The number of likely N-dealkylation sites (N-methyl/N-ethyl adjacent to an activating group) is 1. The van der Waals surface area contributed by atoms with E-state index in [1.807, 2.05) is 35.2 Å². The second-order valence-electron chi connectivity index (χ2n) is 12.0. The fourth-order valence-corrected chi connectivity index (χ4v) is 6.69. The molecule has 3 unspecified atom stereocenters. The lowest BCUT2D eigenvalue weighted by atomic mass is 9.95. The van der Waals surface area contributed by atoms with Crippen molar-refractivity contribution in [1.29, 1.82) is 0 Å². The van der Waals surface area contributed by atoms with Crippen LogP contribution in [0.1, 0.15) is 47.7 Å². The molecule has 0 radical (unpaired) electrons. The van der Waals surface area contributed by atoms with E-state index >= 15 is 0 Å². The van der Waals surface area contributed by atoms with Crippen LogP contribution in [-0.2, 0) is 29.0 Å². The van der Waals surface area contributed by atoms with E-state index < -0.39 is 6.04 Å². The monoisotopic (exact) mass is 615 g/mol. The van der Waals surface area contributed by atoms with Gasteiger partial charge in [-0.15, -0.1) is 0 Å². The molecule has 2 aliphatic heterocycles. The number of hydrogen-bond donors (Lipinski definition) is 2. The van der Waals surface area contributed by atoms with Crippen molar-refractivity contribution < 1.29 is 9.59 Å². The zero-order chi connectivity index (χ0) is 31.1. The molecular formula is C36H46ClN5O2. The molecule has 2 aliphatic rings. The number of benzene rings is 3. The first-order chi connectivity index (χ1) is 21.4. The van der Waals surface area contributed by atoms with Crippen LogP contribution in [-0.4, -0.2) is 84.4 Å². The molecule has 7 nitrogen and oxygen atoms in total. The zero-order valence-corrected chi connectivity index (χ0v) is 27.0. The summed E-state index contributed by atoms with van der Waals surface area (Å²) in [5.74, 6) is -0.144. The summed E-state index contributed by atoms with van der Waals surface area (Å²) in [7, 11) is 0. The molecule has 3 aromatic carbocycles. The molecule has 0 aromatic heterocycles. The number of fused-ring (bicyclic) bond motifs is 1. The molecule has 0 saturated carbocycles. The van der Waals surface area contributed by atoms with Crippen molar-refractivity contribution in [2.45, 2.75) is 58.3 Å². The Labute approximate surface area is 267 Å². The third-order valence-electron chi connectivity index (χ3n) is 9.23. The van der Waals surface area contributed by atoms with Crippen molar-refractivity contribution in [2.24, 2.45) is 0 Å². The van der Waals surface area contributed by atoms with Crippen molar-refractivity contribution in [2.75, 3.05) is 45.8 Å². The number of carbonyl (C=O) groups is 2. The van der Waals surface area contributed by atoms with Crippen LogP contribution < -0.4 is 10.6 Å². The predicted octanol–water partition coefficient (Wildman–Crippen LogP) is 4.62. The molecule has 3 atom stereocenters. The molecule has 2 heterocycles. The quantitative estimate of drug-likeness (QED) is 0.330. The van der Waals surface area contributed by atoms with Gasteiger partial charge in [0.15, 0.2) is 0 Å². The first-order valence-electron chi connectivity index (χ1n) is 16.0. The summed E-state index contributed by atoms with van der Waals surface area (Å²) in [5.41, 5.74) is 5.74. The molecule has 2 N–H and O–H groups in total. The van der Waals surface area contributed by atoms with Gasteiger partial charge in [0.05, 0.1) is 6.04 Å². The number of carbonyl (C=O) groups excluding carboxylic acids is 2. The number of nitrogens with one attached hydrogen (secondary N) is 2. The Morgan fingerprint density at radius 1 is 0.932 bits per heavy atom. The van der Waals surface area contributed by atoms with Crippen molar-refractivity contribution in [3.8, 4) is 0 Å². The van der Waals surface area contributed by atoms with Gasteiger partial charge in [-0.1, -0.05) is 97.7 Å². The summed E-state index contributed by atoms with van der Waals surface area (Å²) in [6.45, 7) is 12.6. The summed E-state index contributed by atoms with van der Waals surface area (Å²) >= 11 is 6.70. The van der Waals surface area contributed by atoms with Gasteiger partial charge < -0.3 is 20.4 Å². The zero-order valence-electron chi connectivity index (χ0n) is 26.3. The Bertz CT molecular complexity index is 1400. The molecule has 3 aromatic rings. The highest BCUT2D eigenvalue weighted by Crippen LogP contribution is 2.29. The van der Waals surface area contributed by atoms with Crippen molar-refractivity contribution in [3.63, 3.8) is 0 Å². The van der Waals surface area contributed by atoms with Crippen molar-refractivity contribution in [1.82, 2.24) is 25.3 Å². The molecule has 1 saturated heterocycles. The number of amides is 2. The smallest absolute Gasteiger partial charge is 0.245 e. The Morgan fingerprint density at radius 2 is 1.59 bits per heavy atom. The number of hydrogen-bond acceptors (Lipinski definition) is 5. The Hall–Kier alpha value is -3.23. The summed E-state index contributed by atoms with van der Waals surface area (Å²) in [6, 6.07) is 23.7. The van der Waals surface area contributed by atoms with Gasteiger partial charge in [0.1, 0.15) is 6.04 Å². The second kappa shape index (κ2) is 15.2. The summed E-state index contributed by atoms with van der Waals surface area (Å²) in [4.78, 5) is 34.5. The molecule has 234 valence electrons. The van der Waals surface area contributed by atoms with Crippen molar-refractivity contribution in [3.05, 3.63) is 106 Å². The van der Waals surface area contributed by atoms with Gasteiger partial charge in [0.25, 0.3) is 0 Å². The molecule has 2 amide bonds. The van der Waals surface area contributed by atoms with Crippen LogP contribution in [0.4, 0.5) is 0 Å². The normalized spacial score (nSPS) is 18.5. The third kappa shape index (κ3) is 7.88. The molecule has 0 spiro atoms. The van der Waals surface area contributed by atoms with Crippen molar-refractivity contribution >= 4 is 23.4 Å². The summed E-state index contributed by atoms with van der Waals surface area (Å²) in [5, 5.41) is 7.31. The Balaban J connectivity index is 1.29. The van der Waals surface area contributed by atoms with Crippen LogP contribution in [0.5, 0.6) is 0 Å². The summed E-state index contributed by atoms with van der Waals surface area (Å²) < 4.78 is 0. The second-order valence-corrected chi connectivity index (χ2v) is 12.4. The van der Waals surface area contributed by atoms with Gasteiger partial charge in [-0.25, -0.2) is 0 Å². The first kappa shape index (κ1) is 32.2. The van der Waals surface area contributed by atoms with E-state index in [0.717, 1.165) is 48.9 Å². The van der Waals surface area contributed by atoms with Gasteiger partial charge in [0, 0.05) is 56.8 Å². The van der Waals surface area contributed by atoms with Gasteiger partial charge in [-0.3, -0.25) is 14.5 Å². The molecular weight excluding hydrogens is 570 g/mol. The summed E-state index contributed by atoms with van der Waals surface area (Å²) in [6.07, 6.45) is 1.07. The molecule has 8 heteroatoms. The topological polar surface area (TPSA) is 67.9 Å². The van der Waals surface area contributed by atoms with Crippen LogP contribution in [0.25, 0.3) is 0 Å². The van der Waals surface area contributed by atoms with E-state index in [2.05, 4.69) is 83.7 Å². The standard InChI is InChI=1S/C36H46ClN5O2/c1-4-40(5-2)25-34(30-12-8-9-13-31(30)37)41-18-20-42(21-19-41)36(44)33(22-27-16-14-26(3)15-17-27)39-35(43)32-23-28-10-6-7-11-29(28)24-38-32/h6-17,32-34,38H,4-5,18-25H2,1-3H3,(H,39,43). The maximum absolute atomic E-state index is 14.1. The highest BCUT2D eigenvalue weighted by Gasteiger charge is 2.34. The highest BCUT2D eigenvalue weighted by molar-refractivity contribution is 6.31. The fourth-order valence-electron chi connectivity index (χ4n) is 6.43. The molecule has 0 bridgehead atoms. The molecule has 0 aliphatic carbocycles. The largest absolute Gasteiger partial charge is 0.343 e. The van der Waals surface area contributed by atoms with E-state index in [1.54, 1.807) is 0 Å². The number of halogens is 1. The van der Waals surface area contributed by atoms with Crippen LogP contribution >= 0.6 is 11.6 Å². The van der Waals surface area contributed by atoms with E-state index in [-0.39, 0.29) is 23.9 Å². The van der Waals surface area contributed by atoms with E-state index in [1.165, 1.54) is 16.7 Å². The maximum Gasteiger partial charge on any atom is 0.245 e. The molecule has 5 rings (SSSR count). The average Bonchev–Trinajstić information content (AvgIpc) is 3.06. The Kier molecular flexibility index (Phi) is 11.1. The van der Waals surface area contributed by atoms with Crippen LogP contribution in [0.3, 0.4) is 0 Å². The average molecular weight is 616 g/mol. The minimum atomic E-state index is -0.634. The first-order valence-corrected chi connectivity index (χ1v) is 16.4. The van der Waals surface area contributed by atoms with Crippen LogP contribution in [0.15, 0.2) is 72.8 Å². The SMILES string of the molecule is CCN(CC)CC(c1ccccc1Cl)N1CCN(C(=O)C(Cc2ccc(C)cc2)NC(=O)C2Cc3ccccc3CN2)CC1. The number of nitrogens with zero attached hydrogens (tertiary/aromatic N) is 3. The minimum Gasteiger partial charge on any atom is -0.343 e.